The molecule has 2 aromatic heterocycles. The van der Waals surface area contributed by atoms with E-state index >= 15 is 0 Å². The standard InChI is InChI=1S/C23H24N4O2/c1-14-10-11-20(29-4)18-12-19(24-21(14)18)23(28)25-22-15(2)26-27(16(22)3)13-17-8-6-5-7-9-17/h5-12,24H,13H2,1-4H3,(H,25,28). The van der Waals surface area contributed by atoms with Gasteiger partial charge in [0.25, 0.3) is 5.91 Å². The number of carbonyl (C=O) groups is 1. The average Bonchev–Trinajstić information content (AvgIpc) is 3.28. The van der Waals surface area contributed by atoms with Crippen LogP contribution in [0.15, 0.2) is 48.5 Å². The number of nitrogens with zero attached hydrogens (tertiary/aromatic N) is 2. The second-order valence-electron chi connectivity index (χ2n) is 7.20. The Hall–Kier alpha value is -3.54. The van der Waals surface area contributed by atoms with Crippen LogP contribution in [0.3, 0.4) is 0 Å². The van der Waals surface area contributed by atoms with E-state index < -0.39 is 0 Å². The Morgan fingerprint density at radius 1 is 1.14 bits per heavy atom. The van der Waals surface area contributed by atoms with Gasteiger partial charge in [0.15, 0.2) is 0 Å². The van der Waals surface area contributed by atoms with Crippen molar-refractivity contribution in [3.63, 3.8) is 0 Å². The Balaban J connectivity index is 1.62. The highest BCUT2D eigenvalue weighted by atomic mass is 16.5. The molecule has 0 aliphatic carbocycles. The maximum absolute atomic E-state index is 12.9. The Labute approximate surface area is 169 Å². The summed E-state index contributed by atoms with van der Waals surface area (Å²) in [4.78, 5) is 16.2. The maximum atomic E-state index is 12.9. The van der Waals surface area contributed by atoms with Crippen LogP contribution in [0.1, 0.15) is 33.0 Å². The van der Waals surface area contributed by atoms with Crippen molar-refractivity contribution in [1.29, 1.82) is 0 Å². The molecule has 0 spiro atoms. The van der Waals surface area contributed by atoms with Gasteiger partial charge in [-0.05, 0) is 44.0 Å². The number of H-pyrrole nitrogens is 1. The summed E-state index contributed by atoms with van der Waals surface area (Å²) in [6.45, 7) is 6.54. The third-order valence-electron chi connectivity index (χ3n) is 5.22. The lowest BCUT2D eigenvalue weighted by atomic mass is 10.1. The largest absolute Gasteiger partial charge is 0.496 e. The molecule has 1 amide bonds. The summed E-state index contributed by atoms with van der Waals surface area (Å²) in [5.41, 5.74) is 6.07. The van der Waals surface area contributed by atoms with Crippen molar-refractivity contribution in [3.05, 3.63) is 76.7 Å². The first-order valence-electron chi connectivity index (χ1n) is 9.53. The number of rotatable bonds is 5. The van der Waals surface area contributed by atoms with Crippen LogP contribution in [-0.4, -0.2) is 27.8 Å². The summed E-state index contributed by atoms with van der Waals surface area (Å²) in [5.74, 6) is 0.539. The first-order valence-corrected chi connectivity index (χ1v) is 9.53. The number of amides is 1. The number of fused-ring (bicyclic) bond motifs is 1. The molecule has 0 atom stereocenters. The molecule has 4 rings (SSSR count). The maximum Gasteiger partial charge on any atom is 0.272 e. The lowest BCUT2D eigenvalue weighted by Gasteiger charge is -2.07. The van der Waals surface area contributed by atoms with Crippen molar-refractivity contribution in [2.75, 3.05) is 12.4 Å². The van der Waals surface area contributed by atoms with E-state index in [9.17, 15) is 4.79 Å². The van der Waals surface area contributed by atoms with Gasteiger partial charge in [0.2, 0.25) is 0 Å². The normalized spacial score (nSPS) is 11.0. The predicted octanol–water partition coefficient (Wildman–Crippen LogP) is 4.60. The Bertz CT molecular complexity index is 1190. The van der Waals surface area contributed by atoms with Gasteiger partial charge in [-0.25, -0.2) is 0 Å². The number of benzene rings is 2. The van der Waals surface area contributed by atoms with E-state index in [1.807, 2.05) is 61.9 Å². The number of methoxy groups -OCH3 is 1. The van der Waals surface area contributed by atoms with Gasteiger partial charge in [0, 0.05) is 5.39 Å². The molecule has 2 N–H and O–H groups in total. The van der Waals surface area contributed by atoms with Gasteiger partial charge in [-0.2, -0.15) is 5.10 Å². The number of ether oxygens (including phenoxy) is 1. The van der Waals surface area contributed by atoms with Crippen LogP contribution < -0.4 is 10.1 Å². The Morgan fingerprint density at radius 3 is 2.62 bits per heavy atom. The smallest absolute Gasteiger partial charge is 0.272 e. The average molecular weight is 388 g/mol. The van der Waals surface area contributed by atoms with Crippen LogP contribution in [0.2, 0.25) is 0 Å². The highest BCUT2D eigenvalue weighted by Crippen LogP contribution is 2.29. The van der Waals surface area contributed by atoms with Gasteiger partial charge in [-0.3, -0.25) is 9.48 Å². The minimum Gasteiger partial charge on any atom is -0.496 e. The molecule has 0 fully saturated rings. The second kappa shape index (κ2) is 7.47. The number of hydrogen-bond donors (Lipinski definition) is 2. The number of aromatic amines is 1. The molecule has 0 bridgehead atoms. The van der Waals surface area contributed by atoms with Gasteiger partial charge in [0.05, 0.1) is 36.2 Å². The van der Waals surface area contributed by atoms with Crippen LogP contribution in [0.5, 0.6) is 5.75 Å². The van der Waals surface area contributed by atoms with Gasteiger partial charge >= 0.3 is 0 Å². The van der Waals surface area contributed by atoms with Crippen molar-refractivity contribution < 1.29 is 9.53 Å². The molecule has 0 saturated carbocycles. The van der Waals surface area contributed by atoms with Gasteiger partial charge in [-0.15, -0.1) is 0 Å². The van der Waals surface area contributed by atoms with Crippen LogP contribution in [0, 0.1) is 20.8 Å². The molecule has 148 valence electrons. The van der Waals surface area contributed by atoms with Crippen LogP contribution >= 0.6 is 0 Å². The van der Waals surface area contributed by atoms with E-state index in [0.717, 1.165) is 44.9 Å². The van der Waals surface area contributed by atoms with Crippen LogP contribution in [-0.2, 0) is 6.54 Å². The lowest BCUT2D eigenvalue weighted by molar-refractivity contribution is 0.102. The molecule has 0 aliphatic heterocycles. The minimum atomic E-state index is -0.201. The fourth-order valence-electron chi connectivity index (χ4n) is 3.60. The minimum absolute atomic E-state index is 0.201. The van der Waals surface area contributed by atoms with Gasteiger partial charge in [-0.1, -0.05) is 36.4 Å². The third kappa shape index (κ3) is 3.49. The zero-order valence-electron chi connectivity index (χ0n) is 17.0. The number of hydrogen-bond acceptors (Lipinski definition) is 3. The Kier molecular flexibility index (Phi) is 4.84. The number of nitrogens with one attached hydrogen (secondary N) is 2. The van der Waals surface area contributed by atoms with Crippen molar-refractivity contribution in [3.8, 4) is 5.75 Å². The van der Waals surface area contributed by atoms with Crippen molar-refractivity contribution in [1.82, 2.24) is 14.8 Å². The fraction of sp³-hybridized carbons (Fsp3) is 0.217. The van der Waals surface area contributed by atoms with E-state index in [0.29, 0.717) is 12.2 Å². The van der Waals surface area contributed by atoms with E-state index in [4.69, 9.17) is 4.74 Å². The van der Waals surface area contributed by atoms with E-state index in [1.165, 1.54) is 0 Å². The molecule has 2 aromatic carbocycles. The van der Waals surface area contributed by atoms with Crippen molar-refractivity contribution in [2.45, 2.75) is 27.3 Å². The monoisotopic (exact) mass is 388 g/mol. The summed E-state index contributed by atoms with van der Waals surface area (Å²) in [6.07, 6.45) is 0. The molecule has 4 aromatic rings. The van der Waals surface area contributed by atoms with Crippen LogP contribution in [0.25, 0.3) is 10.9 Å². The van der Waals surface area contributed by atoms with E-state index in [1.54, 1.807) is 7.11 Å². The number of aryl methyl sites for hydroxylation is 2. The molecule has 6 heteroatoms. The van der Waals surface area contributed by atoms with Crippen molar-refractivity contribution in [2.24, 2.45) is 0 Å². The summed E-state index contributed by atoms with van der Waals surface area (Å²) >= 11 is 0. The third-order valence-corrected chi connectivity index (χ3v) is 5.22. The zero-order chi connectivity index (χ0) is 20.5. The van der Waals surface area contributed by atoms with Crippen molar-refractivity contribution >= 4 is 22.5 Å². The number of anilines is 1. The highest BCUT2D eigenvalue weighted by molar-refractivity contribution is 6.07. The summed E-state index contributed by atoms with van der Waals surface area (Å²) in [6, 6.07) is 15.9. The molecular weight excluding hydrogens is 364 g/mol. The Morgan fingerprint density at radius 2 is 1.90 bits per heavy atom. The van der Waals surface area contributed by atoms with E-state index in [-0.39, 0.29) is 5.91 Å². The molecule has 0 unspecified atom stereocenters. The fourth-order valence-corrected chi connectivity index (χ4v) is 3.60. The number of carbonyl (C=O) groups excluding carboxylic acids is 1. The van der Waals surface area contributed by atoms with Gasteiger partial charge in [0.1, 0.15) is 11.4 Å². The first kappa shape index (κ1) is 18.8. The molecular formula is C23H24N4O2. The highest BCUT2D eigenvalue weighted by Gasteiger charge is 2.18. The molecule has 6 nitrogen and oxygen atoms in total. The number of aromatic nitrogens is 3. The molecule has 29 heavy (non-hydrogen) atoms. The van der Waals surface area contributed by atoms with E-state index in [2.05, 4.69) is 27.5 Å². The molecule has 0 saturated heterocycles. The SMILES string of the molecule is COc1ccc(C)c2[nH]c(C(=O)Nc3c(C)nn(Cc4ccccc4)c3C)cc12. The summed E-state index contributed by atoms with van der Waals surface area (Å²) < 4.78 is 7.34. The lowest BCUT2D eigenvalue weighted by Crippen LogP contribution is -2.13. The second-order valence-corrected chi connectivity index (χ2v) is 7.20. The van der Waals surface area contributed by atoms with Gasteiger partial charge < -0.3 is 15.0 Å². The summed E-state index contributed by atoms with van der Waals surface area (Å²) in [5, 5.41) is 8.53. The summed E-state index contributed by atoms with van der Waals surface area (Å²) in [7, 11) is 1.63. The predicted molar refractivity (Wildman–Crippen MR) is 115 cm³/mol. The zero-order valence-corrected chi connectivity index (χ0v) is 17.0. The van der Waals surface area contributed by atoms with Crippen LogP contribution in [0.4, 0.5) is 5.69 Å². The topological polar surface area (TPSA) is 71.9 Å². The molecule has 0 aliphatic rings. The quantitative estimate of drug-likeness (QED) is 0.525. The molecule has 2 heterocycles. The molecule has 0 radical (unpaired) electrons. The first-order chi connectivity index (χ1) is 14.0.